The molecule has 138 valence electrons. The van der Waals surface area contributed by atoms with Gasteiger partial charge < -0.3 is 15.5 Å². The average Bonchev–Trinajstić information content (AvgIpc) is 3.05. The first-order valence-corrected chi connectivity index (χ1v) is 9.10. The van der Waals surface area contributed by atoms with Crippen LogP contribution in [0.3, 0.4) is 0 Å². The summed E-state index contributed by atoms with van der Waals surface area (Å²) in [5.74, 6) is 0.0121. The van der Waals surface area contributed by atoms with Crippen LogP contribution >= 0.6 is 27.5 Å². The van der Waals surface area contributed by atoms with Gasteiger partial charge in [0.1, 0.15) is 17.3 Å². The molecule has 0 fully saturated rings. The van der Waals surface area contributed by atoms with Crippen molar-refractivity contribution in [2.24, 2.45) is 0 Å². The molecule has 4 nitrogen and oxygen atoms in total. The summed E-state index contributed by atoms with van der Waals surface area (Å²) in [5.41, 5.74) is 7.83. The predicted octanol–water partition coefficient (Wildman–Crippen LogP) is 6.04. The molecule has 1 amide bonds. The summed E-state index contributed by atoms with van der Waals surface area (Å²) in [6.07, 6.45) is 2.81. The molecule has 1 heterocycles. The zero-order valence-corrected chi connectivity index (χ0v) is 16.6. The third kappa shape index (κ3) is 4.59. The van der Waals surface area contributed by atoms with Crippen molar-refractivity contribution in [1.82, 2.24) is 0 Å². The zero-order valence-electron chi connectivity index (χ0n) is 14.2. The van der Waals surface area contributed by atoms with Crippen LogP contribution in [0.1, 0.15) is 11.3 Å². The van der Waals surface area contributed by atoms with Gasteiger partial charge in [0.05, 0.1) is 16.3 Å². The molecule has 3 rings (SSSR count). The molecule has 0 atom stereocenters. The van der Waals surface area contributed by atoms with E-state index in [2.05, 4.69) is 21.2 Å². The van der Waals surface area contributed by atoms with E-state index in [9.17, 15) is 9.18 Å². The van der Waals surface area contributed by atoms with Crippen molar-refractivity contribution in [3.05, 3.63) is 75.2 Å². The van der Waals surface area contributed by atoms with Crippen LogP contribution in [-0.4, -0.2) is 5.91 Å². The van der Waals surface area contributed by atoms with E-state index in [1.165, 1.54) is 18.2 Å². The van der Waals surface area contributed by atoms with Crippen molar-refractivity contribution in [3.63, 3.8) is 0 Å². The van der Waals surface area contributed by atoms with Gasteiger partial charge in [-0.2, -0.15) is 0 Å². The molecule has 0 saturated heterocycles. The Morgan fingerprint density at radius 2 is 2.04 bits per heavy atom. The second kappa shape index (κ2) is 7.98. The van der Waals surface area contributed by atoms with Gasteiger partial charge in [-0.1, -0.05) is 27.5 Å². The number of hydrogen-bond acceptors (Lipinski definition) is 3. The number of carbonyl (C=O) groups is 1. The van der Waals surface area contributed by atoms with Crippen molar-refractivity contribution in [2.45, 2.75) is 6.92 Å². The normalized spacial score (nSPS) is 11.1. The van der Waals surface area contributed by atoms with Crippen molar-refractivity contribution in [3.8, 4) is 11.3 Å². The van der Waals surface area contributed by atoms with Crippen molar-refractivity contribution in [2.75, 3.05) is 11.1 Å². The minimum Gasteiger partial charge on any atom is -0.457 e. The number of nitrogen functional groups attached to an aromatic ring is 1. The lowest BCUT2D eigenvalue weighted by molar-refractivity contribution is -0.111. The summed E-state index contributed by atoms with van der Waals surface area (Å²) in [4.78, 5) is 12.1. The molecular formula is C20H15BrClFN2O2. The predicted molar refractivity (Wildman–Crippen MR) is 110 cm³/mol. The highest BCUT2D eigenvalue weighted by molar-refractivity contribution is 9.10. The molecule has 0 aliphatic carbocycles. The van der Waals surface area contributed by atoms with Crippen molar-refractivity contribution in [1.29, 1.82) is 0 Å². The molecule has 2 aromatic carbocycles. The van der Waals surface area contributed by atoms with Crippen LogP contribution in [0.2, 0.25) is 5.02 Å². The highest BCUT2D eigenvalue weighted by Gasteiger charge is 2.10. The monoisotopic (exact) mass is 448 g/mol. The average molecular weight is 450 g/mol. The quantitative estimate of drug-likeness (QED) is 0.377. The van der Waals surface area contributed by atoms with Crippen molar-refractivity contribution >= 4 is 50.9 Å². The Balaban J connectivity index is 1.73. The van der Waals surface area contributed by atoms with Gasteiger partial charge in [-0.3, -0.25) is 4.79 Å². The van der Waals surface area contributed by atoms with Gasteiger partial charge in [0.15, 0.2) is 0 Å². The summed E-state index contributed by atoms with van der Waals surface area (Å²) in [5, 5.41) is 3.07. The third-order valence-corrected chi connectivity index (χ3v) is 4.57. The molecule has 0 unspecified atom stereocenters. The van der Waals surface area contributed by atoms with E-state index in [1.807, 2.05) is 0 Å². The molecule has 0 spiro atoms. The van der Waals surface area contributed by atoms with Gasteiger partial charge in [-0.15, -0.1) is 0 Å². The lowest BCUT2D eigenvalue weighted by atomic mass is 10.1. The van der Waals surface area contributed by atoms with Crippen LogP contribution in [-0.2, 0) is 4.79 Å². The molecular weight excluding hydrogens is 435 g/mol. The van der Waals surface area contributed by atoms with Gasteiger partial charge in [0.2, 0.25) is 5.91 Å². The number of rotatable bonds is 4. The number of aryl methyl sites for hydroxylation is 1. The summed E-state index contributed by atoms with van der Waals surface area (Å²) in [6.45, 7) is 1.80. The number of carbonyl (C=O) groups excluding carboxylic acids is 1. The minimum absolute atomic E-state index is 0.339. The number of anilines is 2. The Kier molecular flexibility index (Phi) is 5.68. The Labute approximate surface area is 168 Å². The smallest absolute Gasteiger partial charge is 0.248 e. The fraction of sp³-hybridized carbons (Fsp3) is 0.0500. The lowest BCUT2D eigenvalue weighted by Gasteiger charge is -2.09. The standard InChI is InChI=1S/C20H15BrClFN2O2/c1-11-8-13(24)10-16(22)20(11)25-19(26)7-4-14-3-6-18(27-14)15-5-2-12(21)9-17(15)23/h2-10H,24H2,1H3,(H,25,26)/b7-4+. The highest BCUT2D eigenvalue weighted by Crippen LogP contribution is 2.29. The molecule has 3 N–H and O–H groups in total. The maximum atomic E-state index is 14.0. The molecule has 3 aromatic rings. The lowest BCUT2D eigenvalue weighted by Crippen LogP contribution is -2.09. The molecule has 0 radical (unpaired) electrons. The van der Waals surface area contributed by atoms with E-state index in [-0.39, 0.29) is 5.91 Å². The van der Waals surface area contributed by atoms with E-state index in [4.69, 9.17) is 21.8 Å². The number of benzene rings is 2. The van der Waals surface area contributed by atoms with Gasteiger partial charge in [0, 0.05) is 16.2 Å². The molecule has 0 aliphatic rings. The molecule has 0 bridgehead atoms. The van der Waals surface area contributed by atoms with Gasteiger partial charge in [-0.25, -0.2) is 4.39 Å². The first-order valence-electron chi connectivity index (χ1n) is 7.93. The van der Waals surface area contributed by atoms with E-state index >= 15 is 0 Å². The van der Waals surface area contributed by atoms with Crippen molar-refractivity contribution < 1.29 is 13.6 Å². The van der Waals surface area contributed by atoms with Crippen LogP contribution in [0.5, 0.6) is 0 Å². The second-order valence-electron chi connectivity index (χ2n) is 5.84. The Bertz CT molecular complexity index is 1020. The fourth-order valence-electron chi connectivity index (χ4n) is 2.53. The number of nitrogens with one attached hydrogen (secondary N) is 1. The zero-order chi connectivity index (χ0) is 19.6. The summed E-state index contributed by atoms with van der Waals surface area (Å²) < 4.78 is 20.2. The maximum Gasteiger partial charge on any atom is 0.248 e. The van der Waals surface area contributed by atoms with Crippen LogP contribution < -0.4 is 11.1 Å². The van der Waals surface area contributed by atoms with Crippen LogP contribution in [0.25, 0.3) is 17.4 Å². The number of nitrogens with two attached hydrogens (primary N) is 1. The van der Waals surface area contributed by atoms with Crippen LogP contribution in [0.4, 0.5) is 15.8 Å². The largest absolute Gasteiger partial charge is 0.457 e. The summed E-state index contributed by atoms with van der Waals surface area (Å²) in [6, 6.07) is 11.3. The van der Waals surface area contributed by atoms with E-state index < -0.39 is 5.82 Å². The number of furan rings is 1. The van der Waals surface area contributed by atoms with Gasteiger partial charge in [0.25, 0.3) is 0 Å². The number of amides is 1. The SMILES string of the molecule is Cc1cc(N)cc(Cl)c1NC(=O)/C=C/c1ccc(-c2ccc(Br)cc2F)o1. The second-order valence-corrected chi connectivity index (χ2v) is 7.17. The van der Waals surface area contributed by atoms with Crippen LogP contribution in [0.15, 0.2) is 57.4 Å². The first kappa shape index (κ1) is 19.2. The Hall–Kier alpha value is -2.57. The van der Waals surface area contributed by atoms with Gasteiger partial charge in [-0.05, 0) is 61.0 Å². The minimum atomic E-state index is -0.402. The molecule has 0 saturated carbocycles. The molecule has 27 heavy (non-hydrogen) atoms. The number of hydrogen-bond donors (Lipinski definition) is 2. The maximum absolute atomic E-state index is 14.0. The Morgan fingerprint density at radius 3 is 2.74 bits per heavy atom. The topological polar surface area (TPSA) is 68.3 Å². The molecule has 1 aromatic heterocycles. The van der Waals surface area contributed by atoms with Gasteiger partial charge >= 0.3 is 0 Å². The highest BCUT2D eigenvalue weighted by atomic mass is 79.9. The Morgan fingerprint density at radius 1 is 1.26 bits per heavy atom. The molecule has 0 aliphatic heterocycles. The summed E-state index contributed by atoms with van der Waals surface area (Å²) >= 11 is 9.33. The first-order chi connectivity index (χ1) is 12.8. The summed E-state index contributed by atoms with van der Waals surface area (Å²) in [7, 11) is 0. The van der Waals surface area contributed by atoms with E-state index in [0.717, 1.165) is 5.56 Å². The number of halogens is 3. The third-order valence-electron chi connectivity index (χ3n) is 3.78. The molecule has 7 heteroatoms. The fourth-order valence-corrected chi connectivity index (χ4v) is 3.18. The van der Waals surface area contributed by atoms with E-state index in [1.54, 1.807) is 43.3 Å². The van der Waals surface area contributed by atoms with E-state index in [0.29, 0.717) is 38.0 Å². The van der Waals surface area contributed by atoms with Crippen LogP contribution in [0, 0.1) is 12.7 Å².